The first-order valence-corrected chi connectivity index (χ1v) is 10.7. The predicted molar refractivity (Wildman–Crippen MR) is 110 cm³/mol. The summed E-state index contributed by atoms with van der Waals surface area (Å²) >= 11 is 1.79. The second-order valence-electron chi connectivity index (χ2n) is 7.47. The zero-order chi connectivity index (χ0) is 19.3. The number of piperidine rings is 1. The van der Waals surface area contributed by atoms with Crippen LogP contribution in [0.1, 0.15) is 29.3 Å². The highest BCUT2D eigenvalue weighted by atomic mass is 32.1. The number of carbonyl (C=O) groups excluding carboxylic acids is 1. The summed E-state index contributed by atoms with van der Waals surface area (Å²) in [4.78, 5) is 18.5. The van der Waals surface area contributed by atoms with Crippen molar-refractivity contribution in [2.75, 3.05) is 26.2 Å². The number of thiazole rings is 1. The summed E-state index contributed by atoms with van der Waals surface area (Å²) < 4.78 is 14.2. The molecule has 2 heterocycles. The average molecular weight is 399 g/mol. The molecule has 146 valence electrons. The van der Waals surface area contributed by atoms with Crippen molar-refractivity contribution in [3.05, 3.63) is 64.9 Å². The molecule has 4 rings (SSSR count). The van der Waals surface area contributed by atoms with Gasteiger partial charge in [0.2, 0.25) is 0 Å². The minimum Gasteiger partial charge on any atom is -0.351 e. The largest absolute Gasteiger partial charge is 0.351 e. The highest BCUT2D eigenvalue weighted by Crippen LogP contribution is 2.30. The molecule has 1 aliphatic heterocycles. The number of nitrogens with one attached hydrogen (secondary N) is 2. The van der Waals surface area contributed by atoms with E-state index in [0.717, 1.165) is 43.4 Å². The Kier molecular flexibility index (Phi) is 5.98. The number of fused-ring (bicyclic) bond motifs is 1. The van der Waals surface area contributed by atoms with E-state index in [1.807, 2.05) is 6.07 Å². The SMILES string of the molecule is O=C(C[NH+]1CCC[C@@H](c2nc3ccccc3s2)C1)NCCc1ccc(F)cc1. The average Bonchev–Trinajstić information content (AvgIpc) is 3.14. The molecule has 0 radical (unpaired) electrons. The third-order valence-electron chi connectivity index (χ3n) is 5.34. The van der Waals surface area contributed by atoms with Gasteiger partial charge in [0.1, 0.15) is 10.8 Å². The van der Waals surface area contributed by atoms with E-state index in [-0.39, 0.29) is 11.7 Å². The van der Waals surface area contributed by atoms with Gasteiger partial charge in [-0.15, -0.1) is 11.3 Å². The molecule has 2 atom stereocenters. The molecule has 1 amide bonds. The van der Waals surface area contributed by atoms with Gasteiger partial charge in [-0.25, -0.2) is 9.37 Å². The molecule has 6 heteroatoms. The lowest BCUT2D eigenvalue weighted by Crippen LogP contribution is -3.14. The summed E-state index contributed by atoms with van der Waals surface area (Å²) in [6, 6.07) is 14.7. The number of amides is 1. The van der Waals surface area contributed by atoms with E-state index >= 15 is 0 Å². The molecule has 0 bridgehead atoms. The molecular formula is C22H25FN3OS+. The predicted octanol–water partition coefficient (Wildman–Crippen LogP) is 2.56. The van der Waals surface area contributed by atoms with E-state index in [1.54, 1.807) is 23.5 Å². The third-order valence-corrected chi connectivity index (χ3v) is 6.54. The standard InChI is InChI=1S/C22H24FN3OS/c23-18-9-7-16(8-10-18)11-12-24-21(27)15-26-13-3-4-17(14-26)22-25-19-5-1-2-6-20(19)28-22/h1-2,5-10,17H,3-4,11-15H2,(H,24,27)/p+1/t17-/m1/s1. The van der Waals surface area contributed by atoms with Crippen molar-refractivity contribution in [2.24, 2.45) is 0 Å². The van der Waals surface area contributed by atoms with Crippen LogP contribution in [0.15, 0.2) is 48.5 Å². The molecule has 0 saturated carbocycles. The van der Waals surface area contributed by atoms with Crippen LogP contribution in [-0.4, -0.2) is 37.1 Å². The number of quaternary nitrogens is 1. The monoisotopic (exact) mass is 398 g/mol. The Bertz CT molecular complexity index is 907. The maximum Gasteiger partial charge on any atom is 0.275 e. The zero-order valence-corrected chi connectivity index (χ0v) is 16.6. The molecule has 1 unspecified atom stereocenters. The van der Waals surface area contributed by atoms with Gasteiger partial charge in [-0.1, -0.05) is 24.3 Å². The Morgan fingerprint density at radius 1 is 1.21 bits per heavy atom. The van der Waals surface area contributed by atoms with E-state index in [1.165, 1.54) is 26.7 Å². The molecule has 2 aromatic carbocycles. The van der Waals surface area contributed by atoms with E-state index < -0.39 is 0 Å². The molecule has 4 nitrogen and oxygen atoms in total. The van der Waals surface area contributed by atoms with Crippen LogP contribution < -0.4 is 10.2 Å². The Morgan fingerprint density at radius 2 is 2.04 bits per heavy atom. The van der Waals surface area contributed by atoms with Gasteiger partial charge < -0.3 is 10.2 Å². The number of aromatic nitrogens is 1. The molecule has 3 aromatic rings. The van der Waals surface area contributed by atoms with Crippen LogP contribution in [-0.2, 0) is 11.2 Å². The number of hydrogen-bond acceptors (Lipinski definition) is 3. The van der Waals surface area contributed by atoms with Gasteiger partial charge in [-0.3, -0.25) is 4.79 Å². The third kappa shape index (κ3) is 4.75. The Hall–Kier alpha value is -2.31. The van der Waals surface area contributed by atoms with Crippen LogP contribution in [0.5, 0.6) is 0 Å². The van der Waals surface area contributed by atoms with Crippen molar-refractivity contribution in [3.63, 3.8) is 0 Å². The van der Waals surface area contributed by atoms with Crippen LogP contribution in [0.25, 0.3) is 10.2 Å². The van der Waals surface area contributed by atoms with Crippen molar-refractivity contribution in [2.45, 2.75) is 25.2 Å². The highest BCUT2D eigenvalue weighted by molar-refractivity contribution is 7.18. The number of likely N-dealkylation sites (tertiary alicyclic amines) is 1. The molecule has 1 fully saturated rings. The number of carbonyl (C=O) groups is 1. The Labute approximate surface area is 168 Å². The Morgan fingerprint density at radius 3 is 2.86 bits per heavy atom. The zero-order valence-electron chi connectivity index (χ0n) is 15.8. The van der Waals surface area contributed by atoms with Crippen LogP contribution >= 0.6 is 11.3 Å². The summed E-state index contributed by atoms with van der Waals surface area (Å²) in [6.07, 6.45) is 2.99. The number of para-hydroxylation sites is 1. The molecular weight excluding hydrogens is 373 g/mol. The second-order valence-corrected chi connectivity index (χ2v) is 8.53. The van der Waals surface area contributed by atoms with Gasteiger partial charge >= 0.3 is 0 Å². The van der Waals surface area contributed by atoms with Gasteiger partial charge in [0.25, 0.3) is 5.91 Å². The first-order valence-electron chi connectivity index (χ1n) is 9.87. The molecule has 0 spiro atoms. The maximum atomic E-state index is 12.9. The number of benzene rings is 2. The summed E-state index contributed by atoms with van der Waals surface area (Å²) in [5.74, 6) is 0.291. The van der Waals surface area contributed by atoms with Crippen LogP contribution in [0.3, 0.4) is 0 Å². The van der Waals surface area contributed by atoms with Crippen molar-refractivity contribution in [1.82, 2.24) is 10.3 Å². The minimum atomic E-state index is -0.232. The summed E-state index contributed by atoms with van der Waals surface area (Å²) in [5, 5.41) is 4.21. The fourth-order valence-electron chi connectivity index (χ4n) is 3.87. The minimum absolute atomic E-state index is 0.0852. The highest BCUT2D eigenvalue weighted by Gasteiger charge is 2.28. The lowest BCUT2D eigenvalue weighted by Gasteiger charge is -2.28. The van der Waals surface area contributed by atoms with Gasteiger partial charge in [0.05, 0.1) is 29.2 Å². The molecule has 28 heavy (non-hydrogen) atoms. The van der Waals surface area contributed by atoms with Gasteiger partial charge in [-0.05, 0) is 49.1 Å². The number of hydrogen-bond donors (Lipinski definition) is 2. The van der Waals surface area contributed by atoms with E-state index in [9.17, 15) is 9.18 Å². The number of halogens is 1. The maximum absolute atomic E-state index is 12.9. The molecule has 1 aromatic heterocycles. The van der Waals surface area contributed by atoms with Gasteiger partial charge in [0, 0.05) is 6.54 Å². The van der Waals surface area contributed by atoms with E-state index in [4.69, 9.17) is 4.98 Å². The van der Waals surface area contributed by atoms with Gasteiger partial charge in [-0.2, -0.15) is 0 Å². The lowest BCUT2D eigenvalue weighted by molar-refractivity contribution is -0.898. The fourth-order valence-corrected chi connectivity index (χ4v) is 4.98. The molecule has 2 N–H and O–H groups in total. The van der Waals surface area contributed by atoms with E-state index in [2.05, 4.69) is 23.5 Å². The van der Waals surface area contributed by atoms with Crippen LogP contribution in [0.4, 0.5) is 4.39 Å². The van der Waals surface area contributed by atoms with Crippen LogP contribution in [0.2, 0.25) is 0 Å². The van der Waals surface area contributed by atoms with Crippen molar-refractivity contribution < 1.29 is 14.1 Å². The molecule has 0 aliphatic carbocycles. The summed E-state index contributed by atoms with van der Waals surface area (Å²) in [6.45, 7) is 3.09. The number of rotatable bonds is 6. The van der Waals surface area contributed by atoms with Gasteiger partial charge in [0.15, 0.2) is 6.54 Å². The normalized spacial score (nSPS) is 19.6. The first kappa shape index (κ1) is 19.0. The summed E-state index contributed by atoms with van der Waals surface area (Å²) in [5.41, 5.74) is 2.11. The van der Waals surface area contributed by atoms with Crippen LogP contribution in [0, 0.1) is 5.82 Å². The number of nitrogens with zero attached hydrogens (tertiary/aromatic N) is 1. The topological polar surface area (TPSA) is 46.4 Å². The lowest BCUT2D eigenvalue weighted by atomic mass is 9.99. The molecule has 1 aliphatic rings. The van der Waals surface area contributed by atoms with E-state index in [0.29, 0.717) is 19.0 Å². The second kappa shape index (κ2) is 8.80. The molecule has 1 saturated heterocycles. The van der Waals surface area contributed by atoms with Crippen molar-refractivity contribution >= 4 is 27.5 Å². The van der Waals surface area contributed by atoms with Crippen molar-refractivity contribution in [3.8, 4) is 0 Å². The smallest absolute Gasteiger partial charge is 0.275 e. The summed E-state index contributed by atoms with van der Waals surface area (Å²) in [7, 11) is 0. The first-order chi connectivity index (χ1) is 13.7. The Balaban J connectivity index is 1.27. The fraction of sp³-hybridized carbons (Fsp3) is 0.364. The van der Waals surface area contributed by atoms with Crippen molar-refractivity contribution in [1.29, 1.82) is 0 Å². The quantitative estimate of drug-likeness (QED) is 0.670.